The fourth-order valence-electron chi connectivity index (χ4n) is 4.33. The van der Waals surface area contributed by atoms with E-state index < -0.39 is 0 Å². The van der Waals surface area contributed by atoms with Gasteiger partial charge in [0.15, 0.2) is 0 Å². The van der Waals surface area contributed by atoms with Gasteiger partial charge in [0, 0.05) is 52.4 Å². The van der Waals surface area contributed by atoms with Gasteiger partial charge < -0.3 is 24.8 Å². The summed E-state index contributed by atoms with van der Waals surface area (Å²) < 4.78 is 5.50. The molecule has 0 atom stereocenters. The van der Waals surface area contributed by atoms with Crippen LogP contribution in [0, 0.1) is 0 Å². The molecule has 2 aromatic rings. The normalized spacial score (nSPS) is 18.1. The molecule has 31 heavy (non-hydrogen) atoms. The molecule has 0 bridgehead atoms. The number of para-hydroxylation sites is 4. The van der Waals surface area contributed by atoms with E-state index in [2.05, 4.69) is 44.1 Å². The fraction of sp³-hybridized carbons (Fsp3) is 0.458. The Morgan fingerprint density at radius 2 is 1.42 bits per heavy atom. The van der Waals surface area contributed by atoms with Crippen LogP contribution in [0.5, 0.6) is 5.75 Å². The van der Waals surface area contributed by atoms with Crippen molar-refractivity contribution in [3.8, 4) is 5.75 Å². The Bertz CT molecular complexity index is 874. The third-order valence-corrected chi connectivity index (χ3v) is 6.19. The van der Waals surface area contributed by atoms with E-state index in [9.17, 15) is 4.79 Å². The van der Waals surface area contributed by atoms with Gasteiger partial charge in [-0.3, -0.25) is 9.69 Å². The Balaban J connectivity index is 1.31. The molecule has 7 nitrogen and oxygen atoms in total. The van der Waals surface area contributed by atoms with E-state index in [-0.39, 0.29) is 5.91 Å². The number of nitrogens with zero attached hydrogens (tertiary/aromatic N) is 4. The molecule has 2 heterocycles. The number of anilines is 3. The highest BCUT2D eigenvalue weighted by atomic mass is 16.5. The van der Waals surface area contributed by atoms with Gasteiger partial charge in [-0.15, -0.1) is 0 Å². The molecule has 2 saturated heterocycles. The first-order valence-corrected chi connectivity index (χ1v) is 11.1. The Hall–Kier alpha value is -2.77. The van der Waals surface area contributed by atoms with Crippen LogP contribution < -0.4 is 19.9 Å². The highest BCUT2D eigenvalue weighted by molar-refractivity contribution is 5.95. The summed E-state index contributed by atoms with van der Waals surface area (Å²) in [4.78, 5) is 22.1. The summed E-state index contributed by atoms with van der Waals surface area (Å²) in [5, 5.41) is 3.16. The predicted molar refractivity (Wildman–Crippen MR) is 126 cm³/mol. The van der Waals surface area contributed by atoms with Crippen molar-refractivity contribution in [2.45, 2.75) is 0 Å². The Morgan fingerprint density at radius 1 is 0.839 bits per heavy atom. The van der Waals surface area contributed by atoms with Crippen LogP contribution in [0.25, 0.3) is 0 Å². The van der Waals surface area contributed by atoms with Crippen molar-refractivity contribution in [1.82, 2.24) is 9.80 Å². The van der Waals surface area contributed by atoms with Gasteiger partial charge in [-0.25, -0.2) is 0 Å². The van der Waals surface area contributed by atoms with Gasteiger partial charge in [-0.2, -0.15) is 0 Å². The second kappa shape index (κ2) is 10.0. The zero-order valence-electron chi connectivity index (χ0n) is 18.6. The van der Waals surface area contributed by atoms with Crippen LogP contribution in [-0.2, 0) is 4.79 Å². The van der Waals surface area contributed by atoms with E-state index >= 15 is 0 Å². The SMILES string of the molecule is COc1ccccc1N1CCN(CC(=O)Nc2ccccc2N2CCN(C)CC2)CC1. The summed E-state index contributed by atoms with van der Waals surface area (Å²) in [5.41, 5.74) is 3.14. The summed E-state index contributed by atoms with van der Waals surface area (Å²) in [6.07, 6.45) is 0. The van der Waals surface area contributed by atoms with Crippen LogP contribution in [0.3, 0.4) is 0 Å². The minimum Gasteiger partial charge on any atom is -0.495 e. The highest BCUT2D eigenvalue weighted by Crippen LogP contribution is 2.29. The van der Waals surface area contributed by atoms with Crippen LogP contribution in [0.15, 0.2) is 48.5 Å². The zero-order chi connectivity index (χ0) is 21.6. The first-order chi connectivity index (χ1) is 15.1. The summed E-state index contributed by atoms with van der Waals surface area (Å²) in [6.45, 7) is 7.92. The molecule has 1 N–H and O–H groups in total. The molecule has 2 aliphatic rings. The van der Waals surface area contributed by atoms with E-state index in [0.717, 1.165) is 75.2 Å². The molecule has 4 rings (SSSR count). The monoisotopic (exact) mass is 423 g/mol. The molecule has 0 aromatic heterocycles. The van der Waals surface area contributed by atoms with Crippen molar-refractivity contribution >= 4 is 23.0 Å². The quantitative estimate of drug-likeness (QED) is 0.769. The van der Waals surface area contributed by atoms with Gasteiger partial charge in [-0.1, -0.05) is 24.3 Å². The Labute approximate surface area is 185 Å². The zero-order valence-corrected chi connectivity index (χ0v) is 18.6. The molecule has 0 saturated carbocycles. The third kappa shape index (κ3) is 5.29. The molecule has 0 radical (unpaired) electrons. The number of likely N-dealkylation sites (N-methyl/N-ethyl adjacent to an activating group) is 1. The maximum atomic E-state index is 12.8. The minimum atomic E-state index is 0.0484. The maximum Gasteiger partial charge on any atom is 0.238 e. The second-order valence-corrected chi connectivity index (χ2v) is 8.29. The van der Waals surface area contributed by atoms with Crippen LogP contribution in [0.2, 0.25) is 0 Å². The number of hydrogen-bond donors (Lipinski definition) is 1. The molecule has 0 aliphatic carbocycles. The number of benzene rings is 2. The van der Waals surface area contributed by atoms with E-state index in [1.165, 1.54) is 0 Å². The molecular formula is C24H33N5O2. The lowest BCUT2D eigenvalue weighted by Gasteiger charge is -2.36. The van der Waals surface area contributed by atoms with Gasteiger partial charge in [0.05, 0.1) is 30.7 Å². The molecule has 7 heteroatoms. The first-order valence-electron chi connectivity index (χ1n) is 11.1. The lowest BCUT2D eigenvalue weighted by Crippen LogP contribution is -2.48. The number of rotatable bonds is 6. The number of amides is 1. The van der Waals surface area contributed by atoms with Crippen molar-refractivity contribution in [1.29, 1.82) is 0 Å². The lowest BCUT2D eigenvalue weighted by atomic mass is 10.2. The van der Waals surface area contributed by atoms with Crippen molar-refractivity contribution in [3.63, 3.8) is 0 Å². The standard InChI is InChI=1S/C24H33N5O2/c1-26-11-15-28(16-12-26)21-8-4-3-7-20(21)25-24(30)19-27-13-17-29(18-14-27)22-9-5-6-10-23(22)31-2/h3-10H,11-19H2,1-2H3,(H,25,30). The van der Waals surface area contributed by atoms with Crippen molar-refractivity contribution in [2.75, 3.05) is 88.2 Å². The van der Waals surface area contributed by atoms with Gasteiger partial charge >= 0.3 is 0 Å². The van der Waals surface area contributed by atoms with Crippen molar-refractivity contribution in [2.24, 2.45) is 0 Å². The van der Waals surface area contributed by atoms with Crippen LogP contribution >= 0.6 is 0 Å². The Kier molecular flexibility index (Phi) is 6.94. The van der Waals surface area contributed by atoms with E-state index in [1.807, 2.05) is 36.4 Å². The van der Waals surface area contributed by atoms with Gasteiger partial charge in [-0.05, 0) is 31.3 Å². The summed E-state index contributed by atoms with van der Waals surface area (Å²) in [7, 11) is 3.86. The molecule has 0 spiro atoms. The minimum absolute atomic E-state index is 0.0484. The number of hydrogen-bond acceptors (Lipinski definition) is 6. The second-order valence-electron chi connectivity index (χ2n) is 8.29. The van der Waals surface area contributed by atoms with Crippen LogP contribution in [0.4, 0.5) is 17.1 Å². The largest absolute Gasteiger partial charge is 0.495 e. The first kappa shape index (κ1) is 21.5. The fourth-order valence-corrected chi connectivity index (χ4v) is 4.33. The van der Waals surface area contributed by atoms with Gasteiger partial charge in [0.1, 0.15) is 5.75 Å². The summed E-state index contributed by atoms with van der Waals surface area (Å²) in [5.74, 6) is 0.946. The molecule has 2 aromatic carbocycles. The van der Waals surface area contributed by atoms with Crippen molar-refractivity contribution in [3.05, 3.63) is 48.5 Å². The molecule has 166 valence electrons. The molecule has 2 aliphatic heterocycles. The number of ether oxygens (including phenoxy) is 1. The van der Waals surface area contributed by atoms with E-state index in [0.29, 0.717) is 6.54 Å². The number of carbonyl (C=O) groups is 1. The number of carbonyl (C=O) groups excluding carboxylic acids is 1. The van der Waals surface area contributed by atoms with Gasteiger partial charge in [0.2, 0.25) is 5.91 Å². The van der Waals surface area contributed by atoms with Crippen LogP contribution in [-0.4, -0.2) is 88.8 Å². The predicted octanol–water partition coefficient (Wildman–Crippen LogP) is 2.21. The maximum absolute atomic E-state index is 12.8. The molecule has 2 fully saturated rings. The van der Waals surface area contributed by atoms with E-state index in [4.69, 9.17) is 4.74 Å². The highest BCUT2D eigenvalue weighted by Gasteiger charge is 2.22. The summed E-state index contributed by atoms with van der Waals surface area (Å²) >= 11 is 0. The number of nitrogens with one attached hydrogen (secondary N) is 1. The van der Waals surface area contributed by atoms with Crippen LogP contribution in [0.1, 0.15) is 0 Å². The smallest absolute Gasteiger partial charge is 0.238 e. The van der Waals surface area contributed by atoms with E-state index in [1.54, 1.807) is 7.11 Å². The number of piperazine rings is 2. The average molecular weight is 424 g/mol. The lowest BCUT2D eigenvalue weighted by molar-refractivity contribution is -0.117. The third-order valence-electron chi connectivity index (χ3n) is 6.19. The summed E-state index contributed by atoms with van der Waals surface area (Å²) in [6, 6.07) is 16.3. The topological polar surface area (TPSA) is 51.3 Å². The molecule has 0 unspecified atom stereocenters. The molecular weight excluding hydrogens is 390 g/mol. The number of methoxy groups -OCH3 is 1. The molecule has 1 amide bonds. The Morgan fingerprint density at radius 3 is 2.13 bits per heavy atom. The van der Waals surface area contributed by atoms with Gasteiger partial charge in [0.25, 0.3) is 0 Å². The van der Waals surface area contributed by atoms with Crippen molar-refractivity contribution < 1.29 is 9.53 Å². The average Bonchev–Trinajstić information content (AvgIpc) is 2.80.